The molecule has 0 aromatic heterocycles. The van der Waals surface area contributed by atoms with Crippen LogP contribution in [0.4, 0.5) is 0 Å². The molecule has 1 atom stereocenters. The van der Waals surface area contributed by atoms with Gasteiger partial charge in [0.05, 0.1) is 5.97 Å². The number of carboxylic acids is 1. The predicted molar refractivity (Wildman–Crippen MR) is 67.7 cm³/mol. The Kier molecular flexibility index (Phi) is 9.09. The molecule has 1 aliphatic carbocycles. The van der Waals surface area contributed by atoms with E-state index in [-0.39, 0.29) is 5.92 Å². The second kappa shape index (κ2) is 8.73. The third-order valence-corrected chi connectivity index (χ3v) is 2.97. The average molecular weight is 337 g/mol. The van der Waals surface area contributed by atoms with Crippen LogP contribution in [-0.2, 0) is 4.79 Å². The molecule has 0 saturated heterocycles. The summed E-state index contributed by atoms with van der Waals surface area (Å²) in [6.45, 7) is 0. The van der Waals surface area contributed by atoms with E-state index in [1.54, 1.807) is 0 Å². The second-order valence-electron chi connectivity index (χ2n) is 4.66. The standard InChI is InChI=1S/C8H14O2S.3CH3.Sn/c9-8(10)7(11)6-4-2-1-3-5-6;;;;/h6-7,11H,1-5H2,(H,9,10);3*1H3;/q;;;;+1/p-1. The minimum atomic E-state index is -1.01. The monoisotopic (exact) mass is 338 g/mol. The molecule has 0 aromatic carbocycles. The van der Waals surface area contributed by atoms with Crippen molar-refractivity contribution in [2.24, 2.45) is 5.92 Å². The average Bonchev–Trinajstić information content (AvgIpc) is 2.17. The molecule has 4 heteroatoms. The number of hydrogen-bond donors (Lipinski definition) is 1. The van der Waals surface area contributed by atoms with Gasteiger partial charge in [0.2, 0.25) is 0 Å². The van der Waals surface area contributed by atoms with E-state index >= 15 is 0 Å². The van der Waals surface area contributed by atoms with Gasteiger partial charge < -0.3 is 9.90 Å². The molecule has 1 saturated carbocycles. The molecule has 0 aliphatic heterocycles. The molecule has 0 spiro atoms. The van der Waals surface area contributed by atoms with Crippen molar-refractivity contribution in [3.63, 3.8) is 0 Å². The van der Waals surface area contributed by atoms with E-state index < -0.39 is 31.0 Å². The van der Waals surface area contributed by atoms with Crippen LogP contribution in [0.3, 0.4) is 0 Å². The summed E-state index contributed by atoms with van der Waals surface area (Å²) in [5.74, 6) is -0.766. The zero-order valence-electron chi connectivity index (χ0n) is 9.95. The van der Waals surface area contributed by atoms with Crippen LogP contribution in [0.2, 0.25) is 14.8 Å². The maximum atomic E-state index is 10.4. The number of thiol groups is 1. The Morgan fingerprint density at radius 3 is 2.00 bits per heavy atom. The van der Waals surface area contributed by atoms with Crippen molar-refractivity contribution in [2.75, 3.05) is 0 Å². The third kappa shape index (κ3) is 8.43. The molecule has 2 nitrogen and oxygen atoms in total. The summed E-state index contributed by atoms with van der Waals surface area (Å²) in [6.07, 6.45) is 5.54. The number of aliphatic carboxylic acids is 1. The van der Waals surface area contributed by atoms with Crippen LogP contribution in [-0.4, -0.2) is 31.0 Å². The van der Waals surface area contributed by atoms with Crippen LogP contribution in [0.25, 0.3) is 0 Å². The molecule has 1 rings (SSSR count). The third-order valence-electron chi connectivity index (χ3n) is 2.34. The van der Waals surface area contributed by atoms with E-state index in [9.17, 15) is 9.90 Å². The predicted octanol–water partition coefficient (Wildman–Crippen LogP) is 1.99. The zero-order chi connectivity index (χ0) is 11.8. The summed E-state index contributed by atoms with van der Waals surface area (Å²) in [4.78, 5) is 17.5. The van der Waals surface area contributed by atoms with Crippen molar-refractivity contribution >= 4 is 38.4 Å². The molecule has 0 amide bonds. The summed E-state index contributed by atoms with van der Waals surface area (Å²) in [5, 5.41) is 9.87. The second-order valence-corrected chi connectivity index (χ2v) is 13.8. The number of rotatable bonds is 2. The minimum absolute atomic E-state index is 0.247. The van der Waals surface area contributed by atoms with Gasteiger partial charge in [-0.1, -0.05) is 19.3 Å². The summed E-state index contributed by atoms with van der Waals surface area (Å²) in [7, 11) is 0. The molecule has 1 aliphatic rings. The molecular formula is C11H22O2SSn. The van der Waals surface area contributed by atoms with Gasteiger partial charge >= 0.3 is 34.6 Å². The molecule has 0 bridgehead atoms. The van der Waals surface area contributed by atoms with Crippen LogP contribution < -0.4 is 5.11 Å². The van der Waals surface area contributed by atoms with Crippen LogP contribution in [0.1, 0.15) is 32.1 Å². The maximum absolute atomic E-state index is 10.4. The fourth-order valence-electron chi connectivity index (χ4n) is 1.64. The van der Waals surface area contributed by atoms with Gasteiger partial charge in [0.15, 0.2) is 0 Å². The van der Waals surface area contributed by atoms with E-state index in [1.807, 2.05) is 0 Å². The van der Waals surface area contributed by atoms with Crippen molar-refractivity contribution in [1.82, 2.24) is 0 Å². The van der Waals surface area contributed by atoms with Gasteiger partial charge in [-0.25, -0.2) is 0 Å². The van der Waals surface area contributed by atoms with E-state index in [0.29, 0.717) is 0 Å². The summed E-state index contributed by atoms with van der Waals surface area (Å²) >= 11 is 3.46. The SMILES string of the molecule is O=C([O-])C(S)C1CCCCC1.[CH3][Sn+]([CH3])[CH3]. The van der Waals surface area contributed by atoms with Crippen LogP contribution >= 0.6 is 12.6 Å². The van der Waals surface area contributed by atoms with Gasteiger partial charge in [0, 0.05) is 5.25 Å². The summed E-state index contributed by atoms with van der Waals surface area (Å²) in [5.41, 5.74) is 0. The number of carbonyl (C=O) groups is 1. The molecular weight excluding hydrogens is 315 g/mol. The quantitative estimate of drug-likeness (QED) is 0.618. The van der Waals surface area contributed by atoms with Crippen LogP contribution in [0.5, 0.6) is 0 Å². The van der Waals surface area contributed by atoms with Crippen molar-refractivity contribution in [3.8, 4) is 0 Å². The molecule has 0 heterocycles. The zero-order valence-corrected chi connectivity index (χ0v) is 13.7. The molecule has 1 unspecified atom stereocenters. The van der Waals surface area contributed by atoms with Crippen molar-refractivity contribution in [2.45, 2.75) is 52.2 Å². The Balaban J connectivity index is 0.000000423. The van der Waals surface area contributed by atoms with Gasteiger partial charge in [-0.15, -0.1) is 0 Å². The molecule has 15 heavy (non-hydrogen) atoms. The van der Waals surface area contributed by atoms with Gasteiger partial charge in [-0.2, -0.15) is 12.6 Å². The molecule has 0 radical (unpaired) electrons. The fourth-order valence-corrected chi connectivity index (χ4v) is 1.94. The van der Waals surface area contributed by atoms with E-state index in [4.69, 9.17) is 0 Å². The van der Waals surface area contributed by atoms with E-state index in [2.05, 4.69) is 27.4 Å². The number of carbonyl (C=O) groups excluding carboxylic acids is 1. The first kappa shape index (κ1) is 15.6. The molecule has 0 aromatic rings. The van der Waals surface area contributed by atoms with Gasteiger partial charge in [0.25, 0.3) is 0 Å². The first-order chi connectivity index (χ1) is 6.95. The van der Waals surface area contributed by atoms with Gasteiger partial charge in [0.1, 0.15) is 0 Å². The normalized spacial score (nSPS) is 18.7. The van der Waals surface area contributed by atoms with Crippen molar-refractivity contribution in [1.29, 1.82) is 0 Å². The Hall–Kier alpha value is 0.619. The Bertz CT molecular complexity index is 177. The summed E-state index contributed by atoms with van der Waals surface area (Å²) < 4.78 is 0. The van der Waals surface area contributed by atoms with Crippen LogP contribution in [0, 0.1) is 5.92 Å². The van der Waals surface area contributed by atoms with Gasteiger partial charge in [-0.3, -0.25) is 0 Å². The fraction of sp³-hybridized carbons (Fsp3) is 0.909. The molecule has 1 fully saturated rings. The van der Waals surface area contributed by atoms with E-state index in [1.165, 1.54) is 6.42 Å². The summed E-state index contributed by atoms with van der Waals surface area (Å²) in [6, 6.07) is 0. The molecule has 0 N–H and O–H groups in total. The topological polar surface area (TPSA) is 40.1 Å². The Morgan fingerprint density at radius 1 is 1.27 bits per heavy atom. The molecule has 88 valence electrons. The van der Waals surface area contributed by atoms with Gasteiger partial charge in [-0.05, 0) is 18.8 Å². The first-order valence-corrected chi connectivity index (χ1v) is 14.7. The first-order valence-electron chi connectivity index (χ1n) is 5.60. The van der Waals surface area contributed by atoms with Crippen molar-refractivity contribution in [3.05, 3.63) is 0 Å². The van der Waals surface area contributed by atoms with Crippen LogP contribution in [0.15, 0.2) is 0 Å². The number of carboxylic acid groups (broad SMARTS) is 1. The van der Waals surface area contributed by atoms with Crippen molar-refractivity contribution < 1.29 is 9.90 Å². The Labute approximate surface area is 106 Å². The number of hydrogen-bond acceptors (Lipinski definition) is 3. The Morgan fingerprint density at radius 2 is 1.67 bits per heavy atom. The van der Waals surface area contributed by atoms with E-state index in [0.717, 1.165) is 25.7 Å².